The van der Waals surface area contributed by atoms with Crippen LogP contribution in [-0.4, -0.2) is 28.3 Å². The molecule has 0 atom stereocenters. The van der Waals surface area contributed by atoms with Crippen LogP contribution in [0.25, 0.3) is 33.1 Å². The lowest BCUT2D eigenvalue weighted by Gasteiger charge is -2.09. The van der Waals surface area contributed by atoms with Crippen LogP contribution in [0.2, 0.25) is 0 Å². The van der Waals surface area contributed by atoms with Crippen molar-refractivity contribution < 1.29 is 18.7 Å². The SMILES string of the molecule is O=C(COC(=O)c1cc(-c2ccncc2)nc2ccccc12)c1cc2ccccc2o1. The largest absolute Gasteiger partial charge is 0.454 e. The Bertz CT molecular complexity index is 1390. The molecule has 6 heteroatoms. The van der Waals surface area contributed by atoms with Crippen molar-refractivity contribution in [1.82, 2.24) is 9.97 Å². The van der Waals surface area contributed by atoms with E-state index in [0.29, 0.717) is 27.7 Å². The summed E-state index contributed by atoms with van der Waals surface area (Å²) in [6, 6.07) is 21.6. The summed E-state index contributed by atoms with van der Waals surface area (Å²) in [5.74, 6) is -0.846. The summed E-state index contributed by atoms with van der Waals surface area (Å²) >= 11 is 0. The first-order valence-electron chi connectivity index (χ1n) is 9.68. The molecule has 5 aromatic rings. The zero-order valence-corrected chi connectivity index (χ0v) is 16.3. The van der Waals surface area contributed by atoms with Gasteiger partial charge in [-0.2, -0.15) is 0 Å². The van der Waals surface area contributed by atoms with E-state index in [1.807, 2.05) is 48.5 Å². The van der Waals surface area contributed by atoms with E-state index in [-0.39, 0.29) is 5.76 Å². The molecule has 0 N–H and O–H groups in total. The maximum absolute atomic E-state index is 12.9. The Hall–Kier alpha value is -4.32. The van der Waals surface area contributed by atoms with Crippen LogP contribution in [0, 0.1) is 0 Å². The molecule has 0 spiro atoms. The molecule has 0 fully saturated rings. The molecule has 0 amide bonds. The molecule has 3 heterocycles. The molecule has 6 nitrogen and oxygen atoms in total. The van der Waals surface area contributed by atoms with E-state index < -0.39 is 18.4 Å². The van der Waals surface area contributed by atoms with Gasteiger partial charge < -0.3 is 9.15 Å². The number of Topliss-reactive ketones (excluding diaryl/α,β-unsaturated/α-hetero) is 1. The second-order valence-electron chi connectivity index (χ2n) is 6.96. The molecule has 2 aromatic carbocycles. The normalized spacial score (nSPS) is 11.0. The van der Waals surface area contributed by atoms with Crippen LogP contribution in [0.1, 0.15) is 20.9 Å². The van der Waals surface area contributed by atoms with Crippen LogP contribution in [0.3, 0.4) is 0 Å². The third kappa shape index (κ3) is 3.67. The average molecular weight is 408 g/mol. The molecule has 150 valence electrons. The monoisotopic (exact) mass is 408 g/mol. The van der Waals surface area contributed by atoms with Crippen LogP contribution >= 0.6 is 0 Å². The molecule has 3 aromatic heterocycles. The lowest BCUT2D eigenvalue weighted by atomic mass is 10.0. The Morgan fingerprint density at radius 2 is 1.68 bits per heavy atom. The number of carbonyl (C=O) groups is 2. The Morgan fingerprint density at radius 3 is 2.52 bits per heavy atom. The van der Waals surface area contributed by atoms with Gasteiger partial charge in [0.15, 0.2) is 12.4 Å². The molecule has 0 radical (unpaired) electrons. The van der Waals surface area contributed by atoms with E-state index in [1.165, 1.54) is 0 Å². The number of hydrogen-bond donors (Lipinski definition) is 0. The number of ketones is 1. The van der Waals surface area contributed by atoms with Gasteiger partial charge in [-0.15, -0.1) is 0 Å². The fourth-order valence-corrected chi connectivity index (χ4v) is 3.41. The summed E-state index contributed by atoms with van der Waals surface area (Å²) < 4.78 is 10.9. The van der Waals surface area contributed by atoms with Crippen LogP contribution in [0.15, 0.2) is 89.6 Å². The standard InChI is InChI=1S/C25H16N2O4/c28-22(24-13-17-5-1-4-8-23(17)31-24)15-30-25(29)19-14-21(16-9-11-26-12-10-16)27-20-7-3-2-6-18(19)20/h1-14H,15H2. The molecule has 0 unspecified atom stereocenters. The number of nitrogens with zero attached hydrogens (tertiary/aromatic N) is 2. The molecular weight excluding hydrogens is 392 g/mol. The highest BCUT2D eigenvalue weighted by molar-refractivity contribution is 6.06. The number of pyridine rings is 2. The molecule has 31 heavy (non-hydrogen) atoms. The Labute approximate surface area is 177 Å². The quantitative estimate of drug-likeness (QED) is 0.298. The minimum Gasteiger partial charge on any atom is -0.454 e. The Morgan fingerprint density at radius 1 is 0.903 bits per heavy atom. The van der Waals surface area contributed by atoms with Crippen molar-refractivity contribution in [2.75, 3.05) is 6.61 Å². The van der Waals surface area contributed by atoms with Gasteiger partial charge in [0, 0.05) is 28.7 Å². The fraction of sp³-hybridized carbons (Fsp3) is 0.0400. The van der Waals surface area contributed by atoms with E-state index in [0.717, 1.165) is 10.9 Å². The minimum absolute atomic E-state index is 0.158. The summed E-state index contributed by atoms with van der Waals surface area (Å²) in [6.45, 7) is -0.417. The topological polar surface area (TPSA) is 82.3 Å². The number of rotatable bonds is 5. The van der Waals surface area contributed by atoms with Gasteiger partial charge in [-0.1, -0.05) is 36.4 Å². The summed E-state index contributed by atoms with van der Waals surface area (Å²) in [6.07, 6.45) is 3.33. The highest BCUT2D eigenvalue weighted by Crippen LogP contribution is 2.25. The number of furan rings is 1. The predicted octanol–water partition coefficient (Wildman–Crippen LogP) is 5.08. The van der Waals surface area contributed by atoms with Crippen molar-refractivity contribution >= 4 is 33.6 Å². The van der Waals surface area contributed by atoms with Gasteiger partial charge in [0.1, 0.15) is 5.58 Å². The van der Waals surface area contributed by atoms with E-state index in [1.54, 1.807) is 36.7 Å². The van der Waals surface area contributed by atoms with Gasteiger partial charge in [0.2, 0.25) is 5.78 Å². The second kappa shape index (κ2) is 7.84. The zero-order chi connectivity index (χ0) is 21.2. The fourth-order valence-electron chi connectivity index (χ4n) is 3.41. The lowest BCUT2D eigenvalue weighted by molar-refractivity contribution is 0.0470. The van der Waals surface area contributed by atoms with Gasteiger partial charge in [-0.25, -0.2) is 9.78 Å². The number of para-hydroxylation sites is 2. The Balaban J connectivity index is 1.43. The number of hydrogen-bond acceptors (Lipinski definition) is 6. The van der Waals surface area contributed by atoms with Crippen LogP contribution in [0.4, 0.5) is 0 Å². The third-order valence-corrected chi connectivity index (χ3v) is 4.95. The summed E-state index contributed by atoms with van der Waals surface area (Å²) in [5, 5.41) is 1.47. The molecule has 0 aliphatic carbocycles. The van der Waals surface area contributed by atoms with Gasteiger partial charge in [0.25, 0.3) is 0 Å². The van der Waals surface area contributed by atoms with Crippen molar-refractivity contribution in [2.24, 2.45) is 0 Å². The first kappa shape index (κ1) is 18.7. The maximum Gasteiger partial charge on any atom is 0.339 e. The summed E-state index contributed by atoms with van der Waals surface area (Å²) in [7, 11) is 0. The van der Waals surface area contributed by atoms with Crippen LogP contribution in [0.5, 0.6) is 0 Å². The van der Waals surface area contributed by atoms with Crippen LogP contribution < -0.4 is 0 Å². The summed E-state index contributed by atoms with van der Waals surface area (Å²) in [4.78, 5) is 34.1. The lowest BCUT2D eigenvalue weighted by Crippen LogP contribution is -2.14. The van der Waals surface area contributed by atoms with Crippen molar-refractivity contribution in [3.63, 3.8) is 0 Å². The number of carbonyl (C=O) groups excluding carboxylic acids is 2. The van der Waals surface area contributed by atoms with Crippen molar-refractivity contribution in [2.45, 2.75) is 0 Å². The van der Waals surface area contributed by atoms with E-state index in [2.05, 4.69) is 9.97 Å². The molecule has 0 aliphatic heterocycles. The number of benzene rings is 2. The maximum atomic E-state index is 12.9. The molecule has 0 saturated carbocycles. The third-order valence-electron chi connectivity index (χ3n) is 4.95. The molecule has 0 aliphatic rings. The zero-order valence-electron chi connectivity index (χ0n) is 16.3. The van der Waals surface area contributed by atoms with Crippen LogP contribution in [-0.2, 0) is 4.74 Å². The predicted molar refractivity (Wildman–Crippen MR) is 116 cm³/mol. The molecule has 0 bridgehead atoms. The van der Waals surface area contributed by atoms with Crippen molar-refractivity contribution in [3.8, 4) is 11.3 Å². The van der Waals surface area contributed by atoms with Crippen molar-refractivity contribution in [3.05, 3.63) is 96.5 Å². The van der Waals surface area contributed by atoms with E-state index in [9.17, 15) is 9.59 Å². The van der Waals surface area contributed by atoms with Gasteiger partial charge >= 0.3 is 5.97 Å². The number of fused-ring (bicyclic) bond motifs is 2. The number of esters is 1. The molecular formula is C25H16N2O4. The van der Waals surface area contributed by atoms with Crippen molar-refractivity contribution in [1.29, 1.82) is 0 Å². The van der Waals surface area contributed by atoms with Gasteiger partial charge in [-0.3, -0.25) is 9.78 Å². The second-order valence-corrected chi connectivity index (χ2v) is 6.96. The first-order valence-corrected chi connectivity index (χ1v) is 9.68. The smallest absolute Gasteiger partial charge is 0.339 e. The Kier molecular flexibility index (Phi) is 4.72. The van der Waals surface area contributed by atoms with Gasteiger partial charge in [0.05, 0.1) is 16.8 Å². The highest BCUT2D eigenvalue weighted by Gasteiger charge is 2.19. The highest BCUT2D eigenvalue weighted by atomic mass is 16.5. The summed E-state index contributed by atoms with van der Waals surface area (Å²) in [5.41, 5.74) is 3.06. The first-order chi connectivity index (χ1) is 15.2. The minimum atomic E-state index is -0.599. The van der Waals surface area contributed by atoms with Gasteiger partial charge in [-0.05, 0) is 36.4 Å². The van der Waals surface area contributed by atoms with E-state index >= 15 is 0 Å². The average Bonchev–Trinajstić information content (AvgIpc) is 3.26. The molecule has 5 rings (SSSR count). The van der Waals surface area contributed by atoms with E-state index in [4.69, 9.17) is 9.15 Å². The number of ether oxygens (including phenoxy) is 1. The number of aromatic nitrogens is 2. The molecule has 0 saturated heterocycles.